The van der Waals surface area contributed by atoms with Crippen LogP contribution < -0.4 is 10.0 Å². The zero-order chi connectivity index (χ0) is 17.0. The van der Waals surface area contributed by atoms with E-state index in [1.165, 1.54) is 19.3 Å². The average molecular weight is 372 g/mol. The van der Waals surface area contributed by atoms with Gasteiger partial charge in [-0.3, -0.25) is 4.79 Å². The number of hydrogen-bond donors (Lipinski definition) is 2. The summed E-state index contributed by atoms with van der Waals surface area (Å²) in [6.45, 7) is 3.44. The number of thiophene rings is 1. The first kappa shape index (κ1) is 17.8. The number of piperidine rings is 1. The lowest BCUT2D eigenvalue weighted by Crippen LogP contribution is -2.41. The number of nitrogens with one attached hydrogen (secondary N) is 2. The van der Waals surface area contributed by atoms with E-state index >= 15 is 0 Å². The van der Waals surface area contributed by atoms with Gasteiger partial charge in [-0.15, -0.1) is 11.3 Å². The first-order valence-electron chi connectivity index (χ1n) is 8.53. The molecule has 2 saturated heterocycles. The van der Waals surface area contributed by atoms with Crippen LogP contribution in [-0.2, 0) is 14.8 Å². The molecule has 0 unspecified atom stereocenters. The van der Waals surface area contributed by atoms with Gasteiger partial charge in [-0.05, 0) is 62.1 Å². The van der Waals surface area contributed by atoms with E-state index in [-0.39, 0.29) is 16.7 Å². The van der Waals surface area contributed by atoms with E-state index in [9.17, 15) is 13.2 Å². The Morgan fingerprint density at radius 2 is 2.04 bits per heavy atom. The molecule has 2 N–H and O–H groups in total. The van der Waals surface area contributed by atoms with Crippen molar-refractivity contribution in [3.63, 3.8) is 0 Å². The Morgan fingerprint density at radius 3 is 2.75 bits per heavy atom. The predicted octanol–water partition coefficient (Wildman–Crippen LogP) is 1.41. The summed E-state index contributed by atoms with van der Waals surface area (Å²) in [5.74, 6) is -0.124. The quantitative estimate of drug-likeness (QED) is 0.839. The van der Waals surface area contributed by atoms with Crippen molar-refractivity contribution in [2.75, 3.05) is 32.7 Å². The predicted molar refractivity (Wildman–Crippen MR) is 94.5 cm³/mol. The number of likely N-dealkylation sites (tertiary alicyclic amines) is 1. The molecule has 0 bridgehead atoms. The molecule has 0 saturated carbocycles. The molecule has 1 aromatic rings. The lowest BCUT2D eigenvalue weighted by atomic mass is 9.73. The van der Waals surface area contributed by atoms with Gasteiger partial charge >= 0.3 is 0 Å². The van der Waals surface area contributed by atoms with Gasteiger partial charge in [0.25, 0.3) is 10.0 Å². The van der Waals surface area contributed by atoms with Crippen molar-refractivity contribution >= 4 is 27.3 Å². The number of nitrogens with zero attached hydrogens (tertiary/aromatic N) is 1. The third-order valence-corrected chi connectivity index (χ3v) is 8.04. The fourth-order valence-electron chi connectivity index (χ4n) is 3.72. The van der Waals surface area contributed by atoms with E-state index in [1.54, 1.807) is 17.5 Å². The molecule has 0 atom stereocenters. The molecule has 1 amide bonds. The SMILES string of the molecule is O=C(CNS(=O)(=O)c1cccs1)N1CCCC2(CCNCC2)CC1. The van der Waals surface area contributed by atoms with Gasteiger partial charge in [0.2, 0.25) is 5.91 Å². The second kappa shape index (κ2) is 7.51. The maximum absolute atomic E-state index is 12.4. The highest BCUT2D eigenvalue weighted by molar-refractivity contribution is 7.91. The highest BCUT2D eigenvalue weighted by Gasteiger charge is 2.34. The van der Waals surface area contributed by atoms with Crippen LogP contribution in [0, 0.1) is 5.41 Å². The first-order chi connectivity index (χ1) is 11.5. The molecule has 0 aromatic carbocycles. The van der Waals surface area contributed by atoms with Crippen molar-refractivity contribution < 1.29 is 13.2 Å². The second-order valence-electron chi connectivity index (χ2n) is 6.74. The maximum atomic E-state index is 12.4. The van der Waals surface area contributed by atoms with Gasteiger partial charge in [0, 0.05) is 13.1 Å². The van der Waals surface area contributed by atoms with Crippen LogP contribution in [0.4, 0.5) is 0 Å². The topological polar surface area (TPSA) is 78.5 Å². The van der Waals surface area contributed by atoms with Crippen molar-refractivity contribution in [3.8, 4) is 0 Å². The summed E-state index contributed by atoms with van der Waals surface area (Å²) in [5, 5.41) is 5.12. The van der Waals surface area contributed by atoms with Gasteiger partial charge in [-0.2, -0.15) is 0 Å². The molecular formula is C16H25N3O3S2. The zero-order valence-corrected chi connectivity index (χ0v) is 15.4. The fourth-order valence-corrected chi connectivity index (χ4v) is 5.73. The minimum Gasteiger partial charge on any atom is -0.342 e. The van der Waals surface area contributed by atoms with Crippen LogP contribution in [0.3, 0.4) is 0 Å². The molecule has 2 aliphatic heterocycles. The number of carbonyl (C=O) groups is 1. The highest BCUT2D eigenvalue weighted by atomic mass is 32.2. The summed E-state index contributed by atoms with van der Waals surface area (Å²) in [6.07, 6.45) is 5.56. The molecule has 0 aliphatic carbocycles. The molecule has 3 heterocycles. The van der Waals surface area contributed by atoms with E-state index in [4.69, 9.17) is 0 Å². The normalized spacial score (nSPS) is 21.6. The minimum absolute atomic E-state index is 0.124. The molecule has 0 radical (unpaired) electrons. The first-order valence-corrected chi connectivity index (χ1v) is 10.9. The largest absolute Gasteiger partial charge is 0.342 e. The highest BCUT2D eigenvalue weighted by Crippen LogP contribution is 2.39. The lowest BCUT2D eigenvalue weighted by molar-refractivity contribution is -0.129. The number of hydrogen-bond acceptors (Lipinski definition) is 5. The van der Waals surface area contributed by atoms with Crippen LogP contribution in [0.25, 0.3) is 0 Å². The summed E-state index contributed by atoms with van der Waals surface area (Å²) in [6, 6.07) is 3.23. The molecule has 2 aliphatic rings. The smallest absolute Gasteiger partial charge is 0.250 e. The van der Waals surface area contributed by atoms with Gasteiger partial charge in [-0.25, -0.2) is 13.1 Å². The van der Waals surface area contributed by atoms with Crippen LogP contribution in [0.1, 0.15) is 32.1 Å². The van der Waals surface area contributed by atoms with Crippen LogP contribution >= 0.6 is 11.3 Å². The van der Waals surface area contributed by atoms with E-state index in [0.29, 0.717) is 5.41 Å². The van der Waals surface area contributed by atoms with Gasteiger partial charge < -0.3 is 10.2 Å². The third-order valence-electron chi connectivity index (χ3n) is 5.24. The number of amides is 1. The molecule has 3 rings (SSSR count). The molecule has 1 spiro atoms. The summed E-state index contributed by atoms with van der Waals surface area (Å²) < 4.78 is 26.9. The monoisotopic (exact) mass is 371 g/mol. The Hall–Kier alpha value is -0.960. The van der Waals surface area contributed by atoms with Crippen molar-refractivity contribution in [1.82, 2.24) is 14.9 Å². The Morgan fingerprint density at radius 1 is 1.25 bits per heavy atom. The summed E-state index contributed by atoms with van der Waals surface area (Å²) in [5.41, 5.74) is 0.372. The van der Waals surface area contributed by atoms with E-state index in [2.05, 4.69) is 10.0 Å². The molecule has 24 heavy (non-hydrogen) atoms. The Kier molecular flexibility index (Phi) is 5.59. The third kappa shape index (κ3) is 4.17. The van der Waals surface area contributed by atoms with Gasteiger partial charge in [0.1, 0.15) is 4.21 Å². The van der Waals surface area contributed by atoms with Crippen LogP contribution in [0.15, 0.2) is 21.7 Å². The average Bonchev–Trinajstić information content (AvgIpc) is 3.05. The van der Waals surface area contributed by atoms with Gasteiger partial charge in [0.05, 0.1) is 6.54 Å². The Labute approximate surface area is 147 Å². The molecule has 1 aromatic heterocycles. The lowest BCUT2D eigenvalue weighted by Gasteiger charge is -2.37. The van der Waals surface area contributed by atoms with E-state index in [1.807, 2.05) is 4.90 Å². The van der Waals surface area contributed by atoms with Crippen LogP contribution in [-0.4, -0.2) is 51.9 Å². The summed E-state index contributed by atoms with van der Waals surface area (Å²) in [4.78, 5) is 14.3. The van der Waals surface area contributed by atoms with Crippen LogP contribution in [0.5, 0.6) is 0 Å². The maximum Gasteiger partial charge on any atom is 0.250 e. The molecule has 2 fully saturated rings. The zero-order valence-electron chi connectivity index (χ0n) is 13.8. The van der Waals surface area contributed by atoms with E-state index < -0.39 is 10.0 Å². The fraction of sp³-hybridized carbons (Fsp3) is 0.688. The number of sulfonamides is 1. The molecule has 8 heteroatoms. The number of carbonyl (C=O) groups excluding carboxylic acids is 1. The van der Waals surface area contributed by atoms with Gasteiger partial charge in [0.15, 0.2) is 0 Å². The number of rotatable bonds is 4. The molecule has 6 nitrogen and oxygen atoms in total. The summed E-state index contributed by atoms with van der Waals surface area (Å²) >= 11 is 1.15. The standard InChI is InChI=1S/C16H25N3O3S2/c20-14(13-18-24(21,22)15-3-1-12-23-15)19-10-2-4-16(7-11-19)5-8-17-9-6-16/h1,3,12,17-18H,2,4-11,13H2. The Balaban J connectivity index is 1.54. The van der Waals surface area contributed by atoms with Gasteiger partial charge in [-0.1, -0.05) is 6.07 Å². The van der Waals surface area contributed by atoms with Crippen molar-refractivity contribution in [3.05, 3.63) is 17.5 Å². The van der Waals surface area contributed by atoms with Crippen molar-refractivity contribution in [1.29, 1.82) is 0 Å². The van der Waals surface area contributed by atoms with E-state index in [0.717, 1.165) is 50.4 Å². The molecular weight excluding hydrogens is 346 g/mol. The van der Waals surface area contributed by atoms with Crippen molar-refractivity contribution in [2.45, 2.75) is 36.3 Å². The van der Waals surface area contributed by atoms with Crippen LogP contribution in [0.2, 0.25) is 0 Å². The Bertz CT molecular complexity index is 652. The molecule has 134 valence electrons. The van der Waals surface area contributed by atoms with Crippen molar-refractivity contribution in [2.24, 2.45) is 5.41 Å². The summed E-state index contributed by atoms with van der Waals surface area (Å²) in [7, 11) is -3.57. The minimum atomic E-state index is -3.57. The second-order valence-corrected chi connectivity index (χ2v) is 9.68.